The second-order valence-corrected chi connectivity index (χ2v) is 9.07. The van der Waals surface area contributed by atoms with E-state index < -0.39 is 16.1 Å². The van der Waals surface area contributed by atoms with Crippen molar-refractivity contribution >= 4 is 22.4 Å². The Morgan fingerprint density at radius 1 is 1.17 bits per heavy atom. The number of nitrogens with zero attached hydrogens (tertiary/aromatic N) is 2. The number of benzene rings is 1. The highest BCUT2D eigenvalue weighted by molar-refractivity contribution is 7.89. The Balaban J connectivity index is 0.00000205. The number of hydrogen-bond donors (Lipinski definition) is 2. The summed E-state index contributed by atoms with van der Waals surface area (Å²) in [5.41, 5.74) is 1.27. The van der Waals surface area contributed by atoms with E-state index in [1.54, 1.807) is 30.5 Å². The van der Waals surface area contributed by atoms with Crippen LogP contribution in [0.1, 0.15) is 11.6 Å². The van der Waals surface area contributed by atoms with Crippen LogP contribution >= 0.6 is 12.4 Å². The van der Waals surface area contributed by atoms with Crippen LogP contribution in [-0.4, -0.2) is 42.6 Å². The molecule has 0 spiro atoms. The molecule has 0 bridgehead atoms. The van der Waals surface area contributed by atoms with Gasteiger partial charge in [0.05, 0.1) is 6.04 Å². The molecule has 0 amide bonds. The Morgan fingerprint density at radius 3 is 2.79 bits per heavy atom. The van der Waals surface area contributed by atoms with Crippen LogP contribution in [0.5, 0.6) is 0 Å². The van der Waals surface area contributed by atoms with Crippen molar-refractivity contribution in [1.29, 1.82) is 0 Å². The van der Waals surface area contributed by atoms with E-state index in [9.17, 15) is 12.8 Å². The number of hydrogen-bond acceptors (Lipinski definition) is 5. The summed E-state index contributed by atoms with van der Waals surface area (Å²) in [6.45, 7) is 1.83. The summed E-state index contributed by atoms with van der Waals surface area (Å²) < 4.78 is 47.8. The average Bonchev–Trinajstić information content (AvgIpc) is 3.44. The number of aromatic nitrogens is 2. The van der Waals surface area contributed by atoms with Gasteiger partial charge in [-0.05, 0) is 54.3 Å². The van der Waals surface area contributed by atoms with Crippen LogP contribution in [0.3, 0.4) is 0 Å². The molecular weight excluding hydrogens is 419 g/mol. The zero-order valence-corrected chi connectivity index (χ0v) is 16.9. The van der Waals surface area contributed by atoms with E-state index in [1.165, 1.54) is 22.5 Å². The monoisotopic (exact) mass is 438 g/mol. The molecule has 5 rings (SSSR count). The van der Waals surface area contributed by atoms with Crippen LogP contribution in [0, 0.1) is 17.7 Å². The predicted octanol–water partition coefficient (Wildman–Crippen LogP) is 2.81. The second kappa shape index (κ2) is 7.56. The summed E-state index contributed by atoms with van der Waals surface area (Å²) in [5, 5.41) is 9.82. The van der Waals surface area contributed by atoms with Gasteiger partial charge >= 0.3 is 0 Å². The molecule has 29 heavy (non-hydrogen) atoms. The average molecular weight is 439 g/mol. The summed E-state index contributed by atoms with van der Waals surface area (Å²) in [6.07, 6.45) is 1.57. The molecule has 4 heterocycles. The number of H-pyrrole nitrogens is 1. The molecular formula is C19H20ClFN4O3S. The molecule has 2 saturated heterocycles. The van der Waals surface area contributed by atoms with Crippen LogP contribution in [0.2, 0.25) is 0 Å². The fourth-order valence-electron chi connectivity index (χ4n) is 4.34. The first-order chi connectivity index (χ1) is 13.5. The number of aromatic amines is 1. The fraction of sp³-hybridized carbons (Fsp3) is 0.316. The maximum atomic E-state index is 13.9. The molecule has 10 heteroatoms. The van der Waals surface area contributed by atoms with Crippen LogP contribution in [0.4, 0.5) is 4.39 Å². The van der Waals surface area contributed by atoms with Crippen molar-refractivity contribution in [2.45, 2.75) is 11.1 Å². The Bertz CT molecular complexity index is 1100. The molecule has 0 radical (unpaired) electrons. The van der Waals surface area contributed by atoms with Crippen molar-refractivity contribution in [3.63, 3.8) is 0 Å². The van der Waals surface area contributed by atoms with E-state index in [0.29, 0.717) is 30.1 Å². The lowest BCUT2D eigenvalue weighted by Crippen LogP contribution is -2.34. The molecule has 3 aromatic rings. The number of nitrogens with one attached hydrogen (secondary N) is 2. The van der Waals surface area contributed by atoms with Gasteiger partial charge in [-0.1, -0.05) is 12.1 Å². The molecule has 2 fully saturated rings. The first kappa shape index (κ1) is 20.1. The summed E-state index contributed by atoms with van der Waals surface area (Å²) in [7, 11) is -3.88. The van der Waals surface area contributed by atoms with Gasteiger partial charge in [-0.15, -0.1) is 12.4 Å². The standard InChI is InChI=1S/C19H19FN4O3S.ClH/c20-14-3-1-2-12(8-14)19-15-10-21-9-13(15)11-24(19)28(25,26)18-5-4-17(27-18)16-6-7-22-23-16;/h1-8,13,15,19,21H,9-11H2,(H,22,23);1H/t13-,15-,19+;/m0./s1. The van der Waals surface area contributed by atoms with Gasteiger partial charge in [0.25, 0.3) is 10.0 Å². The van der Waals surface area contributed by atoms with Crippen molar-refractivity contribution in [1.82, 2.24) is 19.8 Å². The largest absolute Gasteiger partial charge is 0.442 e. The number of sulfonamides is 1. The van der Waals surface area contributed by atoms with Gasteiger partial charge in [0.15, 0.2) is 5.76 Å². The minimum absolute atomic E-state index is 0. The lowest BCUT2D eigenvalue weighted by molar-refractivity contribution is 0.332. The van der Waals surface area contributed by atoms with E-state index >= 15 is 0 Å². The number of furan rings is 1. The highest BCUT2D eigenvalue weighted by atomic mass is 35.5. The Labute approximate surface area is 173 Å². The van der Waals surface area contributed by atoms with E-state index in [0.717, 1.165) is 6.54 Å². The Morgan fingerprint density at radius 2 is 2.03 bits per heavy atom. The van der Waals surface area contributed by atoms with Crippen molar-refractivity contribution in [2.75, 3.05) is 19.6 Å². The lowest BCUT2D eigenvalue weighted by atomic mass is 9.90. The number of fused-ring (bicyclic) bond motifs is 1. The van der Waals surface area contributed by atoms with Crippen molar-refractivity contribution in [2.24, 2.45) is 11.8 Å². The maximum absolute atomic E-state index is 13.9. The molecule has 0 unspecified atom stereocenters. The van der Waals surface area contributed by atoms with Crippen LogP contribution in [0.15, 0.2) is 58.2 Å². The summed E-state index contributed by atoms with van der Waals surface area (Å²) in [6, 6.07) is 10.5. The number of rotatable bonds is 4. The number of halogens is 2. The smallest absolute Gasteiger partial charge is 0.277 e. The van der Waals surface area contributed by atoms with Crippen molar-refractivity contribution in [3.05, 3.63) is 60.0 Å². The van der Waals surface area contributed by atoms with Gasteiger partial charge in [-0.2, -0.15) is 9.40 Å². The first-order valence-electron chi connectivity index (χ1n) is 9.11. The third-order valence-electron chi connectivity index (χ3n) is 5.62. The topological polar surface area (TPSA) is 91.2 Å². The van der Waals surface area contributed by atoms with Crippen LogP contribution < -0.4 is 5.32 Å². The molecule has 0 aliphatic carbocycles. The van der Waals surface area contributed by atoms with Crippen LogP contribution in [-0.2, 0) is 10.0 Å². The lowest BCUT2D eigenvalue weighted by Gasteiger charge is -2.26. The molecule has 2 N–H and O–H groups in total. The summed E-state index contributed by atoms with van der Waals surface area (Å²) >= 11 is 0. The third kappa shape index (κ3) is 3.38. The van der Waals surface area contributed by atoms with Crippen LogP contribution in [0.25, 0.3) is 11.5 Å². The molecule has 154 valence electrons. The maximum Gasteiger partial charge on any atom is 0.277 e. The van der Waals surface area contributed by atoms with Crippen molar-refractivity contribution in [3.8, 4) is 11.5 Å². The summed E-state index contributed by atoms with van der Waals surface area (Å²) in [5.74, 6) is 0.312. The fourth-order valence-corrected chi connectivity index (χ4v) is 5.98. The molecule has 2 aliphatic rings. The SMILES string of the molecule is Cl.O=S(=O)(c1ccc(-c2ccn[nH]2)o1)N1C[C@@H]2CNC[C@@H]2[C@H]1c1cccc(F)c1. The Kier molecular flexibility index (Phi) is 5.24. The van der Waals surface area contributed by atoms with E-state index in [4.69, 9.17) is 4.42 Å². The van der Waals surface area contributed by atoms with Gasteiger partial charge in [-0.3, -0.25) is 5.10 Å². The van der Waals surface area contributed by atoms with E-state index in [1.807, 2.05) is 0 Å². The van der Waals surface area contributed by atoms with Crippen molar-refractivity contribution < 1.29 is 17.2 Å². The molecule has 3 atom stereocenters. The van der Waals surface area contributed by atoms with E-state index in [2.05, 4.69) is 15.5 Å². The van der Waals surface area contributed by atoms with Gasteiger partial charge in [0, 0.05) is 19.3 Å². The molecule has 2 aliphatic heterocycles. The predicted molar refractivity (Wildman–Crippen MR) is 106 cm³/mol. The summed E-state index contributed by atoms with van der Waals surface area (Å²) in [4.78, 5) is 0. The quantitative estimate of drug-likeness (QED) is 0.653. The second-order valence-electron chi connectivity index (χ2n) is 7.25. The molecule has 7 nitrogen and oxygen atoms in total. The third-order valence-corrected chi connectivity index (χ3v) is 7.34. The van der Waals surface area contributed by atoms with Gasteiger partial charge in [0.1, 0.15) is 11.5 Å². The minimum atomic E-state index is -3.88. The first-order valence-corrected chi connectivity index (χ1v) is 10.6. The molecule has 2 aromatic heterocycles. The normalized spacial score (nSPS) is 24.4. The van der Waals surface area contributed by atoms with Gasteiger partial charge in [0.2, 0.25) is 5.09 Å². The highest BCUT2D eigenvalue weighted by Crippen LogP contribution is 2.45. The zero-order valence-electron chi connectivity index (χ0n) is 15.3. The minimum Gasteiger partial charge on any atom is -0.442 e. The van der Waals surface area contributed by atoms with E-state index in [-0.39, 0.29) is 35.2 Å². The molecule has 0 saturated carbocycles. The molecule has 1 aromatic carbocycles. The van der Waals surface area contributed by atoms with Gasteiger partial charge in [-0.25, -0.2) is 12.8 Å². The van der Waals surface area contributed by atoms with Gasteiger partial charge < -0.3 is 9.73 Å². The zero-order chi connectivity index (χ0) is 19.3. The highest BCUT2D eigenvalue weighted by Gasteiger charge is 2.50. The Hall–Kier alpha value is -2.20.